The first-order valence-corrected chi connectivity index (χ1v) is 8.05. The van der Waals surface area contributed by atoms with Crippen molar-refractivity contribution < 1.29 is 9.53 Å². The van der Waals surface area contributed by atoms with E-state index in [0.29, 0.717) is 22.1 Å². The molecule has 1 aromatic heterocycles. The van der Waals surface area contributed by atoms with Crippen molar-refractivity contribution >= 4 is 23.2 Å². The molecule has 0 fully saturated rings. The van der Waals surface area contributed by atoms with Crippen molar-refractivity contribution in [3.63, 3.8) is 0 Å². The predicted molar refractivity (Wildman–Crippen MR) is 96.4 cm³/mol. The molecule has 128 valence electrons. The number of hydrogen-bond donors (Lipinski definition) is 1. The Morgan fingerprint density at radius 3 is 2.76 bits per heavy atom. The quantitative estimate of drug-likeness (QED) is 0.759. The van der Waals surface area contributed by atoms with Gasteiger partial charge in [-0.05, 0) is 55.3 Å². The lowest BCUT2D eigenvalue weighted by molar-refractivity contribution is -0.118. The van der Waals surface area contributed by atoms with Crippen LogP contribution in [0.25, 0.3) is 5.69 Å². The Kier molecular flexibility index (Phi) is 5.00. The van der Waals surface area contributed by atoms with Gasteiger partial charge in [-0.1, -0.05) is 17.7 Å². The number of aromatic nitrogens is 3. The highest BCUT2D eigenvalue weighted by molar-refractivity contribution is 6.31. The number of carbonyl (C=O) groups excluding carboxylic acids is 1. The highest BCUT2D eigenvalue weighted by Gasteiger charge is 2.11. The number of carbonyl (C=O) groups is 1. The summed E-state index contributed by atoms with van der Waals surface area (Å²) >= 11 is 6.04. The van der Waals surface area contributed by atoms with Crippen LogP contribution in [-0.2, 0) is 4.79 Å². The standard InChI is InChI=1S/C18H17ClN4O2/c1-12-3-5-15(7-13(12)2)25-9-18(24)22-16-8-14(19)4-6-17(16)23-11-20-10-21-23/h3-8,10-11H,9H2,1-2H3,(H,22,24). The van der Waals surface area contributed by atoms with Crippen LogP contribution in [0.2, 0.25) is 5.02 Å². The molecular formula is C18H17ClN4O2. The van der Waals surface area contributed by atoms with E-state index in [9.17, 15) is 4.79 Å². The van der Waals surface area contributed by atoms with Crippen LogP contribution in [0.5, 0.6) is 5.75 Å². The lowest BCUT2D eigenvalue weighted by Gasteiger charge is -2.12. The van der Waals surface area contributed by atoms with Crippen molar-refractivity contribution in [3.05, 3.63) is 65.2 Å². The maximum Gasteiger partial charge on any atom is 0.262 e. The van der Waals surface area contributed by atoms with Crippen LogP contribution in [0.15, 0.2) is 49.1 Å². The molecule has 1 amide bonds. The van der Waals surface area contributed by atoms with Crippen molar-refractivity contribution in [2.75, 3.05) is 11.9 Å². The van der Waals surface area contributed by atoms with Gasteiger partial charge in [-0.25, -0.2) is 9.67 Å². The largest absolute Gasteiger partial charge is 0.484 e. The summed E-state index contributed by atoms with van der Waals surface area (Å²) in [6.45, 7) is 3.92. The lowest BCUT2D eigenvalue weighted by atomic mass is 10.1. The number of nitrogens with one attached hydrogen (secondary N) is 1. The summed E-state index contributed by atoms with van der Waals surface area (Å²) in [5.74, 6) is 0.364. The zero-order valence-electron chi connectivity index (χ0n) is 13.9. The number of rotatable bonds is 5. The SMILES string of the molecule is Cc1ccc(OCC(=O)Nc2cc(Cl)ccc2-n2cncn2)cc1C. The second-order valence-electron chi connectivity index (χ2n) is 5.58. The van der Waals surface area contributed by atoms with Gasteiger partial charge in [-0.2, -0.15) is 5.10 Å². The number of anilines is 1. The molecule has 3 aromatic rings. The van der Waals surface area contributed by atoms with Crippen molar-refractivity contribution in [2.45, 2.75) is 13.8 Å². The van der Waals surface area contributed by atoms with E-state index in [1.165, 1.54) is 11.9 Å². The summed E-state index contributed by atoms with van der Waals surface area (Å²) in [4.78, 5) is 16.2. The Bertz CT molecular complexity index is 894. The minimum Gasteiger partial charge on any atom is -0.484 e. The van der Waals surface area contributed by atoms with E-state index in [4.69, 9.17) is 16.3 Å². The van der Waals surface area contributed by atoms with Gasteiger partial charge in [0.1, 0.15) is 18.4 Å². The highest BCUT2D eigenvalue weighted by Crippen LogP contribution is 2.24. The van der Waals surface area contributed by atoms with Crippen molar-refractivity contribution in [2.24, 2.45) is 0 Å². The van der Waals surface area contributed by atoms with Crippen LogP contribution >= 0.6 is 11.6 Å². The Balaban J connectivity index is 1.70. The Morgan fingerprint density at radius 1 is 1.20 bits per heavy atom. The van der Waals surface area contributed by atoms with Crippen molar-refractivity contribution in [3.8, 4) is 11.4 Å². The van der Waals surface area contributed by atoms with Gasteiger partial charge < -0.3 is 10.1 Å². The van der Waals surface area contributed by atoms with Gasteiger partial charge in [0, 0.05) is 5.02 Å². The number of amides is 1. The number of halogens is 1. The average molecular weight is 357 g/mol. The highest BCUT2D eigenvalue weighted by atomic mass is 35.5. The van der Waals surface area contributed by atoms with Gasteiger partial charge in [-0.3, -0.25) is 4.79 Å². The van der Waals surface area contributed by atoms with Gasteiger partial charge in [-0.15, -0.1) is 0 Å². The molecule has 3 rings (SSSR count). The van der Waals surface area contributed by atoms with Crippen molar-refractivity contribution in [1.82, 2.24) is 14.8 Å². The van der Waals surface area contributed by atoms with Gasteiger partial charge in [0.15, 0.2) is 6.61 Å². The molecule has 2 aromatic carbocycles. The van der Waals surface area contributed by atoms with Crippen LogP contribution < -0.4 is 10.1 Å². The Labute approximate surface area is 150 Å². The molecule has 0 aliphatic rings. The molecule has 7 heteroatoms. The molecule has 25 heavy (non-hydrogen) atoms. The number of hydrogen-bond acceptors (Lipinski definition) is 4. The fraction of sp³-hybridized carbons (Fsp3) is 0.167. The molecule has 0 saturated carbocycles. The molecule has 0 saturated heterocycles. The smallest absolute Gasteiger partial charge is 0.262 e. The van der Waals surface area contributed by atoms with E-state index in [1.807, 2.05) is 32.0 Å². The zero-order valence-corrected chi connectivity index (χ0v) is 14.6. The molecule has 0 atom stereocenters. The minimum atomic E-state index is -0.290. The molecule has 1 N–H and O–H groups in total. The lowest BCUT2D eigenvalue weighted by Crippen LogP contribution is -2.21. The number of benzene rings is 2. The fourth-order valence-electron chi connectivity index (χ4n) is 2.28. The Morgan fingerprint density at radius 2 is 2.04 bits per heavy atom. The molecule has 0 radical (unpaired) electrons. The average Bonchev–Trinajstić information content (AvgIpc) is 3.10. The first-order chi connectivity index (χ1) is 12.0. The van der Waals surface area contributed by atoms with E-state index >= 15 is 0 Å². The molecule has 1 heterocycles. The van der Waals surface area contributed by atoms with Crippen LogP contribution in [0.1, 0.15) is 11.1 Å². The second-order valence-corrected chi connectivity index (χ2v) is 6.02. The maximum atomic E-state index is 12.2. The van der Waals surface area contributed by atoms with E-state index < -0.39 is 0 Å². The van der Waals surface area contributed by atoms with Crippen LogP contribution in [-0.4, -0.2) is 27.3 Å². The van der Waals surface area contributed by atoms with E-state index in [2.05, 4.69) is 15.4 Å². The second kappa shape index (κ2) is 7.36. The molecular weight excluding hydrogens is 340 g/mol. The summed E-state index contributed by atoms with van der Waals surface area (Å²) in [5.41, 5.74) is 3.49. The molecule has 0 aliphatic carbocycles. The summed E-state index contributed by atoms with van der Waals surface area (Å²) in [6, 6.07) is 10.9. The van der Waals surface area contributed by atoms with Crippen LogP contribution in [0.4, 0.5) is 5.69 Å². The normalized spacial score (nSPS) is 10.5. The number of nitrogens with zero attached hydrogens (tertiary/aromatic N) is 3. The Hall–Kier alpha value is -2.86. The van der Waals surface area contributed by atoms with E-state index in [0.717, 1.165) is 5.56 Å². The third kappa shape index (κ3) is 4.16. The third-order valence-electron chi connectivity index (χ3n) is 3.75. The van der Waals surface area contributed by atoms with Crippen molar-refractivity contribution in [1.29, 1.82) is 0 Å². The number of aryl methyl sites for hydroxylation is 2. The fourth-order valence-corrected chi connectivity index (χ4v) is 2.45. The molecule has 6 nitrogen and oxygen atoms in total. The van der Waals surface area contributed by atoms with E-state index in [-0.39, 0.29) is 12.5 Å². The predicted octanol–water partition coefficient (Wildman–Crippen LogP) is 3.56. The monoisotopic (exact) mass is 356 g/mol. The van der Waals surface area contributed by atoms with Gasteiger partial charge in [0.05, 0.1) is 11.4 Å². The van der Waals surface area contributed by atoms with E-state index in [1.54, 1.807) is 29.2 Å². The molecule has 0 unspecified atom stereocenters. The minimum absolute atomic E-state index is 0.105. The molecule has 0 bridgehead atoms. The van der Waals surface area contributed by atoms with Gasteiger partial charge >= 0.3 is 0 Å². The first kappa shape index (κ1) is 17.0. The first-order valence-electron chi connectivity index (χ1n) is 7.67. The molecule has 0 spiro atoms. The molecule has 0 aliphatic heterocycles. The van der Waals surface area contributed by atoms with Gasteiger partial charge in [0.25, 0.3) is 5.91 Å². The van der Waals surface area contributed by atoms with Gasteiger partial charge in [0.2, 0.25) is 0 Å². The zero-order chi connectivity index (χ0) is 17.8. The van der Waals surface area contributed by atoms with Crippen LogP contribution in [0.3, 0.4) is 0 Å². The summed E-state index contributed by atoms with van der Waals surface area (Å²) in [7, 11) is 0. The summed E-state index contributed by atoms with van der Waals surface area (Å²) < 4.78 is 7.11. The number of ether oxygens (including phenoxy) is 1. The maximum absolute atomic E-state index is 12.2. The summed E-state index contributed by atoms with van der Waals surface area (Å²) in [6.07, 6.45) is 2.97. The van der Waals surface area contributed by atoms with Crippen LogP contribution in [0, 0.1) is 13.8 Å². The summed E-state index contributed by atoms with van der Waals surface area (Å²) in [5, 5.41) is 7.38. The topological polar surface area (TPSA) is 69.0 Å². The third-order valence-corrected chi connectivity index (χ3v) is 3.98.